The van der Waals surface area contributed by atoms with Gasteiger partial charge in [0.2, 0.25) is 0 Å². The van der Waals surface area contributed by atoms with Crippen molar-refractivity contribution in [2.75, 3.05) is 19.1 Å². The highest BCUT2D eigenvalue weighted by Gasteiger charge is 2.63. The summed E-state index contributed by atoms with van der Waals surface area (Å²) < 4.78 is 10.8. The number of benzene rings is 3. The summed E-state index contributed by atoms with van der Waals surface area (Å²) in [7, 11) is 3.15. The largest absolute Gasteiger partial charge is 0.497 e. The number of rotatable bonds is 5. The Morgan fingerprint density at radius 1 is 0.914 bits per heavy atom. The van der Waals surface area contributed by atoms with Crippen LogP contribution < -0.4 is 14.4 Å². The van der Waals surface area contributed by atoms with Crippen LogP contribution in [0, 0.1) is 28.1 Å². The van der Waals surface area contributed by atoms with E-state index in [1.54, 1.807) is 38.5 Å². The normalized spacial score (nSPS) is 21.3. The Morgan fingerprint density at radius 3 is 2.31 bits per heavy atom. The SMILES string of the molecule is COc1cccc(C(=O)C2C(c3ccccc3)C(C#N)(C#N)C3C=Cc4cc(OC)ccc4N23)c1. The van der Waals surface area contributed by atoms with Crippen molar-refractivity contribution < 1.29 is 14.3 Å². The average Bonchev–Trinajstić information content (AvgIpc) is 3.23. The van der Waals surface area contributed by atoms with Gasteiger partial charge in [0.15, 0.2) is 11.2 Å². The van der Waals surface area contributed by atoms with E-state index in [0.29, 0.717) is 17.1 Å². The molecule has 35 heavy (non-hydrogen) atoms. The van der Waals surface area contributed by atoms with Crippen molar-refractivity contribution >= 4 is 17.5 Å². The first-order chi connectivity index (χ1) is 17.1. The molecular weight excluding hydrogens is 438 g/mol. The fourth-order valence-electron chi connectivity index (χ4n) is 5.38. The molecule has 2 heterocycles. The van der Waals surface area contributed by atoms with E-state index in [-0.39, 0.29) is 5.78 Å². The van der Waals surface area contributed by atoms with Gasteiger partial charge in [-0.2, -0.15) is 10.5 Å². The lowest BCUT2D eigenvalue weighted by Gasteiger charge is -2.35. The number of carbonyl (C=O) groups excluding carboxylic acids is 1. The number of hydrogen-bond acceptors (Lipinski definition) is 6. The monoisotopic (exact) mass is 461 g/mol. The fraction of sp³-hybridized carbons (Fsp3) is 0.207. The number of anilines is 1. The van der Waals surface area contributed by atoms with Crippen LogP contribution in [0.25, 0.3) is 6.08 Å². The van der Waals surface area contributed by atoms with Crippen LogP contribution in [-0.2, 0) is 0 Å². The van der Waals surface area contributed by atoms with Crippen LogP contribution in [0.1, 0.15) is 27.4 Å². The predicted octanol–water partition coefficient (Wildman–Crippen LogP) is 4.99. The Labute approximate surface area is 204 Å². The molecule has 0 aliphatic carbocycles. The first-order valence-corrected chi connectivity index (χ1v) is 11.3. The molecule has 0 aromatic heterocycles. The smallest absolute Gasteiger partial charge is 0.186 e. The van der Waals surface area contributed by atoms with Crippen molar-refractivity contribution in [3.63, 3.8) is 0 Å². The summed E-state index contributed by atoms with van der Waals surface area (Å²) in [6, 6.07) is 25.3. The lowest BCUT2D eigenvalue weighted by atomic mass is 9.69. The molecule has 1 saturated heterocycles. The van der Waals surface area contributed by atoms with Gasteiger partial charge in [-0.3, -0.25) is 4.79 Å². The molecule has 3 aromatic rings. The molecule has 0 bridgehead atoms. The molecule has 0 saturated carbocycles. The van der Waals surface area contributed by atoms with Gasteiger partial charge in [-0.25, -0.2) is 0 Å². The second kappa shape index (κ2) is 8.66. The lowest BCUT2D eigenvalue weighted by molar-refractivity contribution is 0.0950. The molecular formula is C29H23N3O3. The molecule has 1 fully saturated rings. The van der Waals surface area contributed by atoms with Crippen molar-refractivity contribution in [3.8, 4) is 23.6 Å². The molecule has 0 amide bonds. The zero-order chi connectivity index (χ0) is 24.6. The number of nitrogens with zero attached hydrogens (tertiary/aromatic N) is 3. The van der Waals surface area contributed by atoms with Crippen molar-refractivity contribution in [2.24, 2.45) is 5.41 Å². The molecule has 3 atom stereocenters. The van der Waals surface area contributed by atoms with Gasteiger partial charge < -0.3 is 14.4 Å². The highest BCUT2D eigenvalue weighted by atomic mass is 16.5. The van der Waals surface area contributed by atoms with Gasteiger partial charge in [0.05, 0.1) is 32.4 Å². The van der Waals surface area contributed by atoms with E-state index in [9.17, 15) is 15.3 Å². The summed E-state index contributed by atoms with van der Waals surface area (Å²) in [5, 5.41) is 21.0. The summed E-state index contributed by atoms with van der Waals surface area (Å²) in [5.41, 5.74) is 1.41. The van der Waals surface area contributed by atoms with Gasteiger partial charge in [0, 0.05) is 22.7 Å². The zero-order valence-electron chi connectivity index (χ0n) is 19.4. The molecule has 0 radical (unpaired) electrons. The van der Waals surface area contributed by atoms with Crippen LogP contribution in [0.15, 0.2) is 78.9 Å². The van der Waals surface area contributed by atoms with Gasteiger partial charge in [-0.1, -0.05) is 54.6 Å². The molecule has 0 N–H and O–H groups in total. The second-order valence-electron chi connectivity index (χ2n) is 8.66. The van der Waals surface area contributed by atoms with Crippen molar-refractivity contribution in [2.45, 2.75) is 18.0 Å². The molecule has 2 aliphatic heterocycles. The van der Waals surface area contributed by atoms with E-state index in [4.69, 9.17) is 9.47 Å². The molecule has 3 aromatic carbocycles. The van der Waals surface area contributed by atoms with E-state index in [0.717, 1.165) is 16.8 Å². The molecule has 172 valence electrons. The maximum atomic E-state index is 14.2. The number of fused-ring (bicyclic) bond motifs is 3. The highest BCUT2D eigenvalue weighted by Crippen LogP contribution is 2.55. The number of ketones is 1. The number of methoxy groups -OCH3 is 2. The molecule has 2 aliphatic rings. The zero-order valence-corrected chi connectivity index (χ0v) is 19.4. The van der Waals surface area contributed by atoms with E-state index < -0.39 is 23.4 Å². The Morgan fingerprint density at radius 2 is 1.63 bits per heavy atom. The lowest BCUT2D eigenvalue weighted by Crippen LogP contribution is -2.44. The fourth-order valence-corrected chi connectivity index (χ4v) is 5.38. The Kier molecular flexibility index (Phi) is 5.51. The first kappa shape index (κ1) is 22.3. The van der Waals surface area contributed by atoms with Crippen molar-refractivity contribution in [1.82, 2.24) is 0 Å². The maximum absolute atomic E-state index is 14.2. The van der Waals surface area contributed by atoms with Crippen LogP contribution in [-0.4, -0.2) is 32.1 Å². The molecule has 0 spiro atoms. The third-order valence-corrected chi connectivity index (χ3v) is 6.99. The van der Waals surface area contributed by atoms with E-state index in [2.05, 4.69) is 12.1 Å². The van der Waals surface area contributed by atoms with Gasteiger partial charge >= 0.3 is 0 Å². The van der Waals surface area contributed by atoms with Crippen LogP contribution in [0.5, 0.6) is 11.5 Å². The van der Waals surface area contributed by atoms with Gasteiger partial charge in [-0.15, -0.1) is 0 Å². The summed E-state index contributed by atoms with van der Waals surface area (Å²) >= 11 is 0. The molecule has 6 nitrogen and oxygen atoms in total. The number of ether oxygens (including phenoxy) is 2. The third-order valence-electron chi connectivity index (χ3n) is 6.99. The minimum atomic E-state index is -1.48. The number of nitriles is 2. The number of hydrogen-bond donors (Lipinski definition) is 0. The summed E-state index contributed by atoms with van der Waals surface area (Å²) in [6.07, 6.45) is 3.77. The molecule has 5 rings (SSSR count). The quantitative estimate of drug-likeness (QED) is 0.498. The average molecular weight is 462 g/mol. The Balaban J connectivity index is 1.77. The minimum Gasteiger partial charge on any atom is -0.497 e. The van der Waals surface area contributed by atoms with E-state index in [1.807, 2.05) is 65.6 Å². The first-order valence-electron chi connectivity index (χ1n) is 11.3. The van der Waals surface area contributed by atoms with E-state index >= 15 is 0 Å². The topological polar surface area (TPSA) is 86.3 Å². The third kappa shape index (κ3) is 3.34. The standard InChI is InChI=1S/C29H23N3O3/c1-34-22-10-6-9-21(16-22)28(33)27-26(19-7-4-3-5-8-19)29(17-30,18-31)25-14-11-20-15-23(35-2)12-13-24(20)32(25)27/h3-16,25-27H,1-2H3. The summed E-state index contributed by atoms with van der Waals surface area (Å²) in [4.78, 5) is 16.2. The Hall–Kier alpha value is -4.55. The molecule has 3 unspecified atom stereocenters. The van der Waals surface area contributed by atoms with Gasteiger partial charge in [0.25, 0.3) is 0 Å². The van der Waals surface area contributed by atoms with Crippen LogP contribution >= 0.6 is 0 Å². The second-order valence-corrected chi connectivity index (χ2v) is 8.66. The minimum absolute atomic E-state index is 0.174. The van der Waals surface area contributed by atoms with Crippen molar-refractivity contribution in [3.05, 3.63) is 95.6 Å². The van der Waals surface area contributed by atoms with E-state index in [1.165, 1.54) is 0 Å². The predicted molar refractivity (Wildman–Crippen MR) is 132 cm³/mol. The highest BCUT2D eigenvalue weighted by molar-refractivity contribution is 6.04. The van der Waals surface area contributed by atoms with Gasteiger partial charge in [-0.05, 0) is 35.9 Å². The van der Waals surface area contributed by atoms with Crippen molar-refractivity contribution in [1.29, 1.82) is 10.5 Å². The van der Waals surface area contributed by atoms with Crippen LogP contribution in [0.2, 0.25) is 0 Å². The van der Waals surface area contributed by atoms with Crippen LogP contribution in [0.4, 0.5) is 5.69 Å². The Bertz CT molecular complexity index is 1390. The number of Topliss-reactive ketones (excluding diaryl/α,β-unsaturated/α-hetero) is 1. The summed E-state index contributed by atoms with van der Waals surface area (Å²) in [5.74, 6) is 0.401. The van der Waals surface area contributed by atoms with Crippen LogP contribution in [0.3, 0.4) is 0 Å². The summed E-state index contributed by atoms with van der Waals surface area (Å²) in [6.45, 7) is 0. The maximum Gasteiger partial charge on any atom is 0.186 e. The number of carbonyl (C=O) groups is 1. The molecule has 6 heteroatoms. The van der Waals surface area contributed by atoms with Gasteiger partial charge in [0.1, 0.15) is 17.5 Å².